The molecule has 0 amide bonds. The highest BCUT2D eigenvalue weighted by atomic mass is 19.4. The highest BCUT2D eigenvalue weighted by molar-refractivity contribution is 5.94. The van der Waals surface area contributed by atoms with E-state index in [4.69, 9.17) is 4.52 Å². The van der Waals surface area contributed by atoms with Gasteiger partial charge in [0.1, 0.15) is 17.2 Å². The molecule has 1 saturated heterocycles. The van der Waals surface area contributed by atoms with Crippen molar-refractivity contribution in [3.05, 3.63) is 77.2 Å². The predicted molar refractivity (Wildman–Crippen MR) is 148 cm³/mol. The monoisotopic (exact) mass is 599 g/mol. The van der Waals surface area contributed by atoms with Crippen LogP contribution in [0.3, 0.4) is 0 Å². The Bertz CT molecular complexity index is 1690. The SMILES string of the molecule is O=C(O)c1cc(OC(F)F)c2cc(N3CCC(/C=C/c4c(-c5ccccc5C(F)(F)F)noc4C4CC4)CC3)ccc2n1. The molecule has 2 aromatic heterocycles. The van der Waals surface area contributed by atoms with Gasteiger partial charge in [-0.15, -0.1) is 0 Å². The van der Waals surface area contributed by atoms with Gasteiger partial charge in [-0.3, -0.25) is 0 Å². The summed E-state index contributed by atoms with van der Waals surface area (Å²) in [5.41, 5.74) is 0.556. The topological polar surface area (TPSA) is 88.7 Å². The Balaban J connectivity index is 1.21. The summed E-state index contributed by atoms with van der Waals surface area (Å²) in [7, 11) is 0. The van der Waals surface area contributed by atoms with Gasteiger partial charge >= 0.3 is 18.8 Å². The average Bonchev–Trinajstić information content (AvgIpc) is 3.74. The van der Waals surface area contributed by atoms with Gasteiger partial charge in [0.05, 0.1) is 11.1 Å². The lowest BCUT2D eigenvalue weighted by atomic mass is 9.93. The first-order valence-electron chi connectivity index (χ1n) is 13.8. The Kier molecular flexibility index (Phi) is 7.53. The number of rotatable bonds is 8. The number of anilines is 1. The molecule has 0 bridgehead atoms. The third kappa shape index (κ3) is 6.04. The van der Waals surface area contributed by atoms with E-state index >= 15 is 0 Å². The first-order valence-corrected chi connectivity index (χ1v) is 13.8. The van der Waals surface area contributed by atoms with Crippen LogP contribution in [0, 0.1) is 5.92 Å². The molecule has 0 atom stereocenters. The quantitative estimate of drug-likeness (QED) is 0.205. The second-order valence-electron chi connectivity index (χ2n) is 10.7. The van der Waals surface area contributed by atoms with Crippen LogP contribution in [0.25, 0.3) is 28.2 Å². The summed E-state index contributed by atoms with van der Waals surface area (Å²) in [5.74, 6) is -0.721. The molecule has 7 nitrogen and oxygen atoms in total. The molecule has 2 fully saturated rings. The Morgan fingerprint density at radius 1 is 1.07 bits per heavy atom. The van der Waals surface area contributed by atoms with Crippen LogP contribution in [0.5, 0.6) is 5.75 Å². The van der Waals surface area contributed by atoms with Crippen molar-refractivity contribution < 1.29 is 41.1 Å². The first kappa shape index (κ1) is 28.6. The minimum absolute atomic E-state index is 0.0171. The van der Waals surface area contributed by atoms with Crippen molar-refractivity contribution >= 4 is 28.6 Å². The fourth-order valence-corrected chi connectivity index (χ4v) is 5.51. The van der Waals surface area contributed by atoms with Crippen molar-refractivity contribution in [3.8, 4) is 17.0 Å². The predicted octanol–water partition coefficient (Wildman–Crippen LogP) is 8.02. The van der Waals surface area contributed by atoms with Gasteiger partial charge in [0, 0.05) is 47.3 Å². The Morgan fingerprint density at radius 2 is 1.81 bits per heavy atom. The number of allylic oxidation sites excluding steroid dienone is 1. The van der Waals surface area contributed by atoms with Gasteiger partial charge < -0.3 is 19.3 Å². The number of carboxylic acid groups (broad SMARTS) is 1. The molecule has 0 unspecified atom stereocenters. The fraction of sp³-hybridized carbons (Fsp3) is 0.323. The van der Waals surface area contributed by atoms with Gasteiger partial charge in [-0.1, -0.05) is 35.5 Å². The van der Waals surface area contributed by atoms with Crippen LogP contribution < -0.4 is 9.64 Å². The maximum atomic E-state index is 13.8. The van der Waals surface area contributed by atoms with Crippen LogP contribution in [0.4, 0.5) is 27.6 Å². The number of fused-ring (bicyclic) bond motifs is 1. The molecule has 1 aliphatic carbocycles. The number of carboxylic acids is 1. The summed E-state index contributed by atoms with van der Waals surface area (Å²) in [5, 5.41) is 13.6. The van der Waals surface area contributed by atoms with Crippen LogP contribution in [0.1, 0.15) is 59.0 Å². The molecule has 0 radical (unpaired) electrons. The Labute approximate surface area is 242 Å². The van der Waals surface area contributed by atoms with E-state index in [2.05, 4.69) is 19.8 Å². The molecule has 43 heavy (non-hydrogen) atoms. The number of ether oxygens (including phenoxy) is 1. The summed E-state index contributed by atoms with van der Waals surface area (Å²) in [6.07, 6.45) is 2.58. The number of hydrogen-bond donors (Lipinski definition) is 1. The van der Waals surface area contributed by atoms with E-state index in [1.54, 1.807) is 24.3 Å². The molecule has 1 saturated carbocycles. The van der Waals surface area contributed by atoms with E-state index in [0.717, 1.165) is 43.5 Å². The van der Waals surface area contributed by atoms with Crippen molar-refractivity contribution in [1.82, 2.24) is 10.1 Å². The van der Waals surface area contributed by atoms with Crippen LogP contribution in [0.2, 0.25) is 0 Å². The minimum atomic E-state index is -4.53. The van der Waals surface area contributed by atoms with Crippen LogP contribution in [0.15, 0.2) is 59.1 Å². The van der Waals surface area contributed by atoms with Gasteiger partial charge in [-0.05, 0) is 55.9 Å². The second-order valence-corrected chi connectivity index (χ2v) is 10.7. The number of carbonyl (C=O) groups is 1. The standard InChI is InChI=1S/C31H26F5N3O4/c32-30(33)42-26-16-25(29(40)41)37-24-10-8-19(15-22(24)26)39-13-11-17(12-14-39)5-9-21-27(38-43-28(21)18-6-7-18)20-3-1-2-4-23(20)31(34,35)36/h1-5,8-10,15-18,30H,6-7,11-14H2,(H,40,41)/b9-5+. The van der Waals surface area contributed by atoms with Crippen molar-refractivity contribution in [2.24, 2.45) is 5.92 Å². The lowest BCUT2D eigenvalue weighted by Gasteiger charge is -2.32. The van der Waals surface area contributed by atoms with Crippen molar-refractivity contribution in [2.75, 3.05) is 18.0 Å². The van der Waals surface area contributed by atoms with E-state index < -0.39 is 30.0 Å². The lowest BCUT2D eigenvalue weighted by Crippen LogP contribution is -2.33. The van der Waals surface area contributed by atoms with Gasteiger partial charge in [-0.2, -0.15) is 22.0 Å². The Morgan fingerprint density at radius 3 is 2.49 bits per heavy atom. The summed E-state index contributed by atoms with van der Waals surface area (Å²) in [6.45, 7) is -1.86. The van der Waals surface area contributed by atoms with E-state index in [1.165, 1.54) is 12.1 Å². The summed E-state index contributed by atoms with van der Waals surface area (Å²) >= 11 is 0. The number of hydrogen-bond acceptors (Lipinski definition) is 6. The molecular weight excluding hydrogens is 573 g/mol. The van der Waals surface area contributed by atoms with Gasteiger partial charge in [0.15, 0.2) is 5.69 Å². The summed E-state index contributed by atoms with van der Waals surface area (Å²) < 4.78 is 77.6. The molecule has 2 aromatic carbocycles. The average molecular weight is 600 g/mol. The van der Waals surface area contributed by atoms with Gasteiger partial charge in [-0.25, -0.2) is 9.78 Å². The maximum Gasteiger partial charge on any atom is 0.417 e. The van der Waals surface area contributed by atoms with Crippen LogP contribution in [-0.4, -0.2) is 40.9 Å². The molecule has 1 aliphatic heterocycles. The smallest absolute Gasteiger partial charge is 0.417 e. The van der Waals surface area contributed by atoms with E-state index in [0.29, 0.717) is 24.4 Å². The van der Waals surface area contributed by atoms with Crippen LogP contribution in [-0.2, 0) is 6.18 Å². The zero-order valence-electron chi connectivity index (χ0n) is 22.7. The molecule has 4 aromatic rings. The molecular formula is C31H26F5N3O4. The highest BCUT2D eigenvalue weighted by Crippen LogP contribution is 2.46. The Hall–Kier alpha value is -4.48. The number of aromatic nitrogens is 2. The zero-order valence-corrected chi connectivity index (χ0v) is 22.7. The van der Waals surface area contributed by atoms with Gasteiger partial charge in [0.2, 0.25) is 0 Å². The number of halogens is 5. The summed E-state index contributed by atoms with van der Waals surface area (Å²) in [6, 6.07) is 11.3. The number of alkyl halides is 5. The summed E-state index contributed by atoms with van der Waals surface area (Å²) in [4.78, 5) is 17.5. The largest absolute Gasteiger partial charge is 0.477 e. The maximum absolute atomic E-state index is 13.8. The molecule has 6 rings (SSSR count). The number of aromatic carboxylic acids is 1. The van der Waals surface area contributed by atoms with E-state index in [1.807, 2.05) is 12.2 Å². The zero-order chi connectivity index (χ0) is 30.3. The third-order valence-electron chi connectivity index (χ3n) is 7.82. The number of piperidine rings is 1. The number of nitrogens with zero attached hydrogens (tertiary/aromatic N) is 3. The number of pyridine rings is 1. The molecule has 1 N–H and O–H groups in total. The van der Waals surface area contributed by atoms with Crippen LogP contribution >= 0.6 is 0 Å². The molecule has 3 heterocycles. The van der Waals surface area contributed by atoms with Crippen molar-refractivity contribution in [3.63, 3.8) is 0 Å². The third-order valence-corrected chi connectivity index (χ3v) is 7.82. The second kappa shape index (κ2) is 11.3. The van der Waals surface area contributed by atoms with Gasteiger partial charge in [0.25, 0.3) is 0 Å². The fourth-order valence-electron chi connectivity index (χ4n) is 5.51. The normalized spacial score (nSPS) is 16.5. The van der Waals surface area contributed by atoms with Crippen molar-refractivity contribution in [2.45, 2.75) is 44.4 Å². The number of benzene rings is 2. The molecule has 0 spiro atoms. The van der Waals surface area contributed by atoms with E-state index in [-0.39, 0.29) is 39.7 Å². The molecule has 224 valence electrons. The first-order chi connectivity index (χ1) is 20.6. The minimum Gasteiger partial charge on any atom is -0.477 e. The van der Waals surface area contributed by atoms with Crippen molar-refractivity contribution in [1.29, 1.82) is 0 Å². The molecule has 2 aliphatic rings. The van der Waals surface area contributed by atoms with E-state index in [9.17, 15) is 31.9 Å². The molecule has 12 heteroatoms. The lowest BCUT2D eigenvalue weighted by molar-refractivity contribution is -0.137. The highest BCUT2D eigenvalue weighted by Gasteiger charge is 2.37.